The normalized spacial score (nSPS) is 12.4. The van der Waals surface area contributed by atoms with Gasteiger partial charge < -0.3 is 11.5 Å². The Kier molecular flexibility index (Phi) is 5.03. The van der Waals surface area contributed by atoms with Gasteiger partial charge in [-0.15, -0.1) is 0 Å². The number of unbranched alkanes of at least 4 members (excludes halogenated alkanes) is 1. The molecule has 4 N–H and O–H groups in total. The van der Waals surface area contributed by atoms with Crippen LogP contribution in [0.2, 0.25) is 0 Å². The standard InChI is InChI=1S/C12H16F2N2O/c13-8-5-6-9(10(14)7-8)11(15)3-1-2-4-12(16)17/h5-7,11H,1-4,15H2,(H2,16,17). The first kappa shape index (κ1) is 13.6. The number of amides is 1. The Morgan fingerprint density at radius 3 is 2.59 bits per heavy atom. The SMILES string of the molecule is NC(=O)CCCCC(N)c1ccc(F)cc1F. The number of carbonyl (C=O) groups excluding carboxylic acids is 1. The number of primary amides is 1. The number of hydrogen-bond acceptors (Lipinski definition) is 2. The molecule has 5 heteroatoms. The monoisotopic (exact) mass is 242 g/mol. The molecule has 0 heterocycles. The van der Waals surface area contributed by atoms with Crippen molar-refractivity contribution < 1.29 is 13.6 Å². The first-order valence-electron chi connectivity index (χ1n) is 5.49. The van der Waals surface area contributed by atoms with Crippen molar-refractivity contribution in [3.63, 3.8) is 0 Å². The molecule has 0 bridgehead atoms. The van der Waals surface area contributed by atoms with Crippen molar-refractivity contribution in [2.75, 3.05) is 0 Å². The summed E-state index contributed by atoms with van der Waals surface area (Å²) in [4.78, 5) is 10.5. The molecule has 1 atom stereocenters. The minimum atomic E-state index is -0.632. The van der Waals surface area contributed by atoms with Crippen molar-refractivity contribution in [1.82, 2.24) is 0 Å². The average Bonchev–Trinajstić information content (AvgIpc) is 2.23. The number of halogens is 2. The van der Waals surface area contributed by atoms with E-state index in [1.165, 1.54) is 12.1 Å². The Bertz CT molecular complexity index is 396. The number of rotatable bonds is 6. The van der Waals surface area contributed by atoms with Gasteiger partial charge in [-0.25, -0.2) is 8.78 Å². The highest BCUT2D eigenvalue weighted by Crippen LogP contribution is 2.20. The Labute approximate surface area is 98.8 Å². The fraction of sp³-hybridized carbons (Fsp3) is 0.417. The Hall–Kier alpha value is -1.49. The van der Waals surface area contributed by atoms with Crippen LogP contribution >= 0.6 is 0 Å². The van der Waals surface area contributed by atoms with Crippen LogP contribution in [0.3, 0.4) is 0 Å². The summed E-state index contributed by atoms with van der Waals surface area (Å²) in [6.45, 7) is 0. The number of hydrogen-bond donors (Lipinski definition) is 2. The Morgan fingerprint density at radius 1 is 1.29 bits per heavy atom. The summed E-state index contributed by atoms with van der Waals surface area (Å²) in [6, 6.07) is 2.87. The maximum Gasteiger partial charge on any atom is 0.217 e. The molecule has 1 aromatic carbocycles. The molecule has 0 aliphatic carbocycles. The van der Waals surface area contributed by atoms with Gasteiger partial charge in [-0.1, -0.05) is 12.5 Å². The molecule has 0 saturated heterocycles. The second kappa shape index (κ2) is 6.30. The molecule has 0 aliphatic heterocycles. The van der Waals surface area contributed by atoms with Crippen LogP contribution in [0.25, 0.3) is 0 Å². The van der Waals surface area contributed by atoms with Gasteiger partial charge >= 0.3 is 0 Å². The van der Waals surface area contributed by atoms with Crippen LogP contribution in [0.1, 0.15) is 37.3 Å². The van der Waals surface area contributed by atoms with Crippen molar-refractivity contribution in [1.29, 1.82) is 0 Å². The van der Waals surface area contributed by atoms with Crippen LogP contribution in [-0.2, 0) is 4.79 Å². The summed E-state index contributed by atoms with van der Waals surface area (Å²) in [5.74, 6) is -1.61. The largest absolute Gasteiger partial charge is 0.370 e. The molecule has 94 valence electrons. The molecule has 0 fully saturated rings. The van der Waals surface area contributed by atoms with Crippen LogP contribution < -0.4 is 11.5 Å². The average molecular weight is 242 g/mol. The lowest BCUT2D eigenvalue weighted by Gasteiger charge is -2.12. The zero-order valence-electron chi connectivity index (χ0n) is 9.46. The molecule has 17 heavy (non-hydrogen) atoms. The van der Waals surface area contributed by atoms with E-state index in [1.54, 1.807) is 0 Å². The highest BCUT2D eigenvalue weighted by atomic mass is 19.1. The maximum atomic E-state index is 13.3. The number of nitrogens with two attached hydrogens (primary N) is 2. The molecule has 1 rings (SSSR count). The molecule has 1 aromatic rings. The fourth-order valence-electron chi connectivity index (χ4n) is 1.62. The molecular weight excluding hydrogens is 226 g/mol. The Balaban J connectivity index is 2.46. The van der Waals surface area contributed by atoms with E-state index in [0.29, 0.717) is 31.2 Å². The minimum absolute atomic E-state index is 0.297. The number of carbonyl (C=O) groups is 1. The summed E-state index contributed by atoms with van der Waals surface area (Å²) >= 11 is 0. The van der Waals surface area contributed by atoms with Crippen molar-refractivity contribution in [3.8, 4) is 0 Å². The molecule has 0 saturated carbocycles. The summed E-state index contributed by atoms with van der Waals surface area (Å²) in [7, 11) is 0. The van der Waals surface area contributed by atoms with Gasteiger partial charge in [-0.2, -0.15) is 0 Å². The zero-order valence-corrected chi connectivity index (χ0v) is 9.46. The molecule has 0 aliphatic rings. The lowest BCUT2D eigenvalue weighted by atomic mass is 10.0. The molecule has 3 nitrogen and oxygen atoms in total. The predicted molar refractivity (Wildman–Crippen MR) is 60.9 cm³/mol. The third kappa shape index (κ3) is 4.48. The molecule has 1 amide bonds. The second-order valence-electron chi connectivity index (χ2n) is 3.98. The van der Waals surface area contributed by atoms with Gasteiger partial charge in [0.1, 0.15) is 11.6 Å². The van der Waals surface area contributed by atoms with Crippen LogP contribution in [0.4, 0.5) is 8.78 Å². The van der Waals surface area contributed by atoms with Gasteiger partial charge in [0.2, 0.25) is 5.91 Å². The van der Waals surface area contributed by atoms with Crippen molar-refractivity contribution in [2.24, 2.45) is 11.5 Å². The van der Waals surface area contributed by atoms with E-state index < -0.39 is 17.7 Å². The minimum Gasteiger partial charge on any atom is -0.370 e. The van der Waals surface area contributed by atoms with Crippen LogP contribution in [0, 0.1) is 11.6 Å². The van der Waals surface area contributed by atoms with Crippen LogP contribution in [-0.4, -0.2) is 5.91 Å². The molecule has 0 radical (unpaired) electrons. The van der Waals surface area contributed by atoms with Gasteiger partial charge in [-0.3, -0.25) is 4.79 Å². The molecular formula is C12H16F2N2O. The van der Waals surface area contributed by atoms with E-state index in [9.17, 15) is 13.6 Å². The summed E-state index contributed by atoms with van der Waals surface area (Å²) in [5, 5.41) is 0. The van der Waals surface area contributed by atoms with E-state index >= 15 is 0 Å². The quantitative estimate of drug-likeness (QED) is 0.749. The number of benzene rings is 1. The summed E-state index contributed by atoms with van der Waals surface area (Å²) < 4.78 is 26.0. The molecule has 1 unspecified atom stereocenters. The van der Waals surface area contributed by atoms with Crippen molar-refractivity contribution >= 4 is 5.91 Å². The van der Waals surface area contributed by atoms with Gasteiger partial charge in [0.15, 0.2) is 0 Å². The van der Waals surface area contributed by atoms with E-state index in [2.05, 4.69) is 0 Å². The predicted octanol–water partition coefficient (Wildman–Crippen LogP) is 2.01. The fourth-order valence-corrected chi connectivity index (χ4v) is 1.62. The third-order valence-electron chi connectivity index (χ3n) is 2.55. The summed E-state index contributed by atoms with van der Waals surface area (Å²) in [5.41, 5.74) is 11.1. The topological polar surface area (TPSA) is 69.1 Å². The van der Waals surface area contributed by atoms with E-state index in [1.807, 2.05) is 0 Å². The smallest absolute Gasteiger partial charge is 0.217 e. The van der Waals surface area contributed by atoms with Gasteiger partial charge in [-0.05, 0) is 18.9 Å². The third-order valence-corrected chi connectivity index (χ3v) is 2.55. The first-order valence-corrected chi connectivity index (χ1v) is 5.49. The zero-order chi connectivity index (χ0) is 12.8. The second-order valence-corrected chi connectivity index (χ2v) is 3.98. The lowest BCUT2D eigenvalue weighted by molar-refractivity contribution is -0.118. The molecule has 0 aromatic heterocycles. The van der Waals surface area contributed by atoms with E-state index in [0.717, 1.165) is 6.07 Å². The van der Waals surface area contributed by atoms with E-state index in [-0.39, 0.29) is 5.91 Å². The summed E-state index contributed by atoms with van der Waals surface area (Å²) in [6.07, 6.45) is 2.15. The maximum absolute atomic E-state index is 13.3. The highest BCUT2D eigenvalue weighted by molar-refractivity contribution is 5.73. The van der Waals surface area contributed by atoms with Crippen molar-refractivity contribution in [2.45, 2.75) is 31.7 Å². The molecule has 0 spiro atoms. The van der Waals surface area contributed by atoms with Crippen LogP contribution in [0.15, 0.2) is 18.2 Å². The van der Waals surface area contributed by atoms with Gasteiger partial charge in [0.05, 0.1) is 0 Å². The lowest BCUT2D eigenvalue weighted by Crippen LogP contribution is -2.13. The Morgan fingerprint density at radius 2 is 2.00 bits per heavy atom. The van der Waals surface area contributed by atoms with Gasteiger partial charge in [0.25, 0.3) is 0 Å². The van der Waals surface area contributed by atoms with E-state index in [4.69, 9.17) is 11.5 Å². The first-order chi connectivity index (χ1) is 8.00. The van der Waals surface area contributed by atoms with Gasteiger partial charge in [0, 0.05) is 24.1 Å². The van der Waals surface area contributed by atoms with Crippen LogP contribution in [0.5, 0.6) is 0 Å². The van der Waals surface area contributed by atoms with Crippen molar-refractivity contribution in [3.05, 3.63) is 35.4 Å². The highest BCUT2D eigenvalue weighted by Gasteiger charge is 2.11.